The number of rotatable bonds is 10. The molecule has 0 spiro atoms. The Kier molecular flexibility index (Phi) is 10.0. The fourth-order valence-electron chi connectivity index (χ4n) is 4.14. The molecule has 0 N–H and O–H groups in total. The van der Waals surface area contributed by atoms with Gasteiger partial charge in [-0.1, -0.05) is 30.6 Å². The first-order valence-electron chi connectivity index (χ1n) is 10.4. The molecule has 1 atom stereocenters. The zero-order valence-corrected chi connectivity index (χ0v) is 22.1. The first-order valence-corrected chi connectivity index (χ1v) is 12.2. The molecule has 0 bridgehead atoms. The average molecular weight is 661 g/mol. The lowest BCUT2D eigenvalue weighted by atomic mass is 9.74. The Morgan fingerprint density at radius 1 is 1.16 bits per heavy atom. The van der Waals surface area contributed by atoms with Crippen LogP contribution in [-0.4, -0.2) is 49.2 Å². The van der Waals surface area contributed by atoms with E-state index in [0.717, 1.165) is 54.8 Å². The minimum Gasteiger partial charge on any atom is -0.496 e. The molecule has 0 fully saturated rings. The third-order valence-corrected chi connectivity index (χ3v) is 6.48. The summed E-state index contributed by atoms with van der Waals surface area (Å²) in [5.74, 6) is 0.110. The van der Waals surface area contributed by atoms with Crippen LogP contribution in [0.1, 0.15) is 46.2 Å². The molecular formula is C22H24BI2N2O5. The highest BCUT2D eigenvalue weighted by molar-refractivity contribution is 14.1. The third-order valence-electron chi connectivity index (χ3n) is 5.64. The predicted molar refractivity (Wildman–Crippen MR) is 139 cm³/mol. The minimum absolute atomic E-state index is 0.162. The van der Waals surface area contributed by atoms with E-state index in [1.165, 1.54) is 0 Å². The fraction of sp³-hybridized carbons (Fsp3) is 0.409. The Bertz CT molecular complexity index is 946. The second-order valence-electron chi connectivity index (χ2n) is 7.49. The number of carbonyl (C=O) groups excluding carboxylic acids is 2. The molecule has 0 saturated carbocycles. The minimum atomic E-state index is -0.435. The molecule has 1 aromatic carbocycles. The van der Waals surface area contributed by atoms with Crippen molar-refractivity contribution >= 4 is 65.1 Å². The van der Waals surface area contributed by atoms with Crippen molar-refractivity contribution in [1.82, 2.24) is 9.88 Å². The Hall–Kier alpha value is -1.41. The lowest BCUT2D eigenvalue weighted by Crippen LogP contribution is -2.35. The maximum absolute atomic E-state index is 11.9. The standard InChI is InChI=1S/C22H24BI2N2O5/c1-30-20-8-3-2-5-15(20)11-13-27(14-12-23-22(29)32-25)19-7-4-6-17-16(19)9-10-18(26-17)21(28)31-24/h2-3,5,8-10,19H,4,6-7,11-14H2,1H3. The summed E-state index contributed by atoms with van der Waals surface area (Å²) in [4.78, 5) is 30.5. The second kappa shape index (κ2) is 12.7. The molecule has 1 heterocycles. The van der Waals surface area contributed by atoms with Crippen molar-refractivity contribution in [1.29, 1.82) is 0 Å². The topological polar surface area (TPSA) is 78.0 Å². The van der Waals surface area contributed by atoms with Gasteiger partial charge in [-0.05, 0) is 55.5 Å². The van der Waals surface area contributed by atoms with Gasteiger partial charge in [-0.15, -0.1) is 0 Å². The highest BCUT2D eigenvalue weighted by Crippen LogP contribution is 2.34. The quantitative estimate of drug-likeness (QED) is 0.259. The van der Waals surface area contributed by atoms with Gasteiger partial charge in [0.1, 0.15) is 11.4 Å². The summed E-state index contributed by atoms with van der Waals surface area (Å²) in [7, 11) is 3.26. The number of ether oxygens (including phenoxy) is 1. The monoisotopic (exact) mass is 661 g/mol. The van der Waals surface area contributed by atoms with Crippen LogP contribution >= 0.6 is 46.0 Å². The van der Waals surface area contributed by atoms with Gasteiger partial charge in [0.25, 0.3) is 13.1 Å². The molecule has 1 aliphatic rings. The van der Waals surface area contributed by atoms with E-state index in [9.17, 15) is 9.59 Å². The molecule has 32 heavy (non-hydrogen) atoms. The number of fused-ring (bicyclic) bond motifs is 1. The van der Waals surface area contributed by atoms with Crippen molar-refractivity contribution in [3.63, 3.8) is 0 Å². The van der Waals surface area contributed by atoms with Gasteiger partial charge in [-0.3, -0.25) is 9.69 Å². The van der Waals surface area contributed by atoms with E-state index in [1.807, 2.05) is 24.3 Å². The van der Waals surface area contributed by atoms with Crippen LogP contribution in [0.3, 0.4) is 0 Å². The van der Waals surface area contributed by atoms with Crippen molar-refractivity contribution in [3.8, 4) is 5.75 Å². The summed E-state index contributed by atoms with van der Waals surface area (Å²) >= 11 is 3.19. The Morgan fingerprint density at radius 2 is 1.97 bits per heavy atom. The van der Waals surface area contributed by atoms with E-state index in [4.69, 9.17) is 10.9 Å². The van der Waals surface area contributed by atoms with E-state index in [2.05, 4.69) is 16.0 Å². The normalized spacial score (nSPS) is 15.1. The van der Waals surface area contributed by atoms with E-state index in [-0.39, 0.29) is 11.9 Å². The van der Waals surface area contributed by atoms with E-state index < -0.39 is 5.97 Å². The van der Waals surface area contributed by atoms with E-state index >= 15 is 0 Å². The van der Waals surface area contributed by atoms with Gasteiger partial charge in [0.05, 0.1) is 7.11 Å². The molecule has 0 saturated heterocycles. The molecule has 1 radical (unpaired) electrons. The van der Waals surface area contributed by atoms with Crippen LogP contribution in [0.15, 0.2) is 36.4 Å². The molecule has 0 aliphatic heterocycles. The third kappa shape index (κ3) is 6.56. The number of halogens is 2. The number of aromatic nitrogens is 1. The maximum Gasteiger partial charge on any atom is 0.366 e. The Morgan fingerprint density at radius 3 is 2.72 bits per heavy atom. The second-order valence-corrected chi connectivity index (χ2v) is 8.37. The fourth-order valence-corrected chi connectivity index (χ4v) is 4.55. The number of benzene rings is 1. The number of pyridine rings is 1. The van der Waals surface area contributed by atoms with Crippen LogP contribution in [0.4, 0.5) is 4.79 Å². The van der Waals surface area contributed by atoms with Crippen molar-refractivity contribution in [2.75, 3.05) is 20.2 Å². The lowest BCUT2D eigenvalue weighted by molar-refractivity contribution is 0.0793. The summed E-state index contributed by atoms with van der Waals surface area (Å²) in [6.07, 6.45) is 4.22. The molecule has 169 valence electrons. The molecule has 1 aromatic heterocycles. The lowest BCUT2D eigenvalue weighted by Gasteiger charge is -2.36. The first kappa shape index (κ1) is 25.2. The highest BCUT2D eigenvalue weighted by atomic mass is 127. The van der Waals surface area contributed by atoms with Gasteiger partial charge >= 0.3 is 5.97 Å². The number of carbonyl (C=O) groups is 2. The number of para-hydroxylation sites is 1. The van der Waals surface area contributed by atoms with Crippen molar-refractivity contribution in [2.24, 2.45) is 0 Å². The molecule has 0 amide bonds. The molecular weight excluding hydrogens is 637 g/mol. The summed E-state index contributed by atoms with van der Waals surface area (Å²) in [5, 5.41) is 0. The van der Waals surface area contributed by atoms with E-state index in [1.54, 1.807) is 66.5 Å². The average Bonchev–Trinajstić information content (AvgIpc) is 2.84. The van der Waals surface area contributed by atoms with Gasteiger partial charge in [0.15, 0.2) is 46.0 Å². The Balaban J connectivity index is 1.81. The zero-order chi connectivity index (χ0) is 22.9. The van der Waals surface area contributed by atoms with Crippen LogP contribution in [0.25, 0.3) is 0 Å². The van der Waals surface area contributed by atoms with Crippen LogP contribution < -0.4 is 4.74 Å². The maximum atomic E-state index is 11.9. The van der Waals surface area contributed by atoms with Crippen molar-refractivity contribution in [2.45, 2.75) is 38.0 Å². The molecule has 2 aromatic rings. The van der Waals surface area contributed by atoms with Crippen LogP contribution in [-0.2, 0) is 19.0 Å². The van der Waals surface area contributed by atoms with Gasteiger partial charge < -0.3 is 10.9 Å². The molecule has 1 aliphatic carbocycles. The number of aryl methyl sites for hydroxylation is 1. The first-order chi connectivity index (χ1) is 15.6. The van der Waals surface area contributed by atoms with Crippen LogP contribution in [0.5, 0.6) is 5.75 Å². The summed E-state index contributed by atoms with van der Waals surface area (Å²) in [6.45, 7) is 1.51. The highest BCUT2D eigenvalue weighted by Gasteiger charge is 2.28. The zero-order valence-electron chi connectivity index (χ0n) is 17.8. The van der Waals surface area contributed by atoms with Gasteiger partial charge in [-0.25, -0.2) is 9.78 Å². The number of hydrogen-bond donors (Lipinski definition) is 0. The molecule has 3 rings (SSSR count). The summed E-state index contributed by atoms with van der Waals surface area (Å²) in [5.41, 5.74) is 3.55. The summed E-state index contributed by atoms with van der Waals surface area (Å²) in [6, 6.07) is 11.9. The molecule has 1 unspecified atom stereocenters. The van der Waals surface area contributed by atoms with Gasteiger partial charge in [0.2, 0.25) is 0 Å². The largest absolute Gasteiger partial charge is 0.496 e. The number of methoxy groups -OCH3 is 1. The van der Waals surface area contributed by atoms with Crippen LogP contribution in [0.2, 0.25) is 6.32 Å². The van der Waals surface area contributed by atoms with E-state index in [0.29, 0.717) is 18.6 Å². The number of nitrogens with zero attached hydrogens (tertiary/aromatic N) is 2. The smallest absolute Gasteiger partial charge is 0.366 e. The predicted octanol–water partition coefficient (Wildman–Crippen LogP) is 5.13. The Labute approximate surface area is 217 Å². The molecule has 7 nitrogen and oxygen atoms in total. The van der Waals surface area contributed by atoms with Crippen molar-refractivity contribution in [3.05, 3.63) is 58.9 Å². The van der Waals surface area contributed by atoms with Gasteiger partial charge in [-0.2, -0.15) is 0 Å². The molecule has 10 heteroatoms. The van der Waals surface area contributed by atoms with Crippen molar-refractivity contribution < 1.29 is 20.5 Å². The summed E-state index contributed by atoms with van der Waals surface area (Å²) < 4.78 is 15.0. The van der Waals surface area contributed by atoms with Crippen LogP contribution in [0, 0.1) is 0 Å². The number of hydrogen-bond acceptors (Lipinski definition) is 7. The SMILES string of the molecule is COc1ccccc1CCN(CC[B]C(=O)OI)C1CCCc2nc(C(=O)OI)ccc21. The van der Waals surface area contributed by atoms with Gasteiger partial charge in [0, 0.05) is 18.3 Å².